The number of hydrogen-bond acceptors (Lipinski definition) is 5. The van der Waals surface area contributed by atoms with E-state index in [1.54, 1.807) is 36.6 Å². The minimum absolute atomic E-state index is 0.159. The maximum atomic E-state index is 12.0. The van der Waals surface area contributed by atoms with E-state index in [1.807, 2.05) is 25.1 Å². The Kier molecular flexibility index (Phi) is 5.97. The largest absolute Gasteiger partial charge is 0.497 e. The number of nitrogens with zero attached hydrogens (tertiary/aromatic N) is 1. The van der Waals surface area contributed by atoms with Gasteiger partial charge < -0.3 is 19.8 Å². The van der Waals surface area contributed by atoms with Gasteiger partial charge in [0.2, 0.25) is 0 Å². The summed E-state index contributed by atoms with van der Waals surface area (Å²) in [6.45, 7) is 0.255. The molecule has 0 aliphatic rings. The van der Waals surface area contributed by atoms with E-state index in [2.05, 4.69) is 10.6 Å². The lowest BCUT2D eigenvalue weighted by Crippen LogP contribution is -2.40. The molecule has 0 bridgehead atoms. The van der Waals surface area contributed by atoms with Crippen molar-refractivity contribution in [3.05, 3.63) is 48.4 Å². The first-order valence-electron chi connectivity index (χ1n) is 7.44. The summed E-state index contributed by atoms with van der Waals surface area (Å²) in [5.41, 5.74) is 0.490. The SMILES string of the molecule is COc1cccc(NC(=O)C(=O)NC[C@@H](c2ccco2)N(C)C)c1. The van der Waals surface area contributed by atoms with Crippen LogP contribution in [0.15, 0.2) is 47.1 Å². The lowest BCUT2D eigenvalue weighted by molar-refractivity contribution is -0.136. The van der Waals surface area contributed by atoms with Crippen LogP contribution in [-0.2, 0) is 9.59 Å². The lowest BCUT2D eigenvalue weighted by Gasteiger charge is -2.22. The maximum absolute atomic E-state index is 12.0. The van der Waals surface area contributed by atoms with Crippen LogP contribution in [0.5, 0.6) is 5.75 Å². The third-order valence-corrected chi connectivity index (χ3v) is 3.48. The zero-order valence-electron chi connectivity index (χ0n) is 13.9. The second-order valence-electron chi connectivity index (χ2n) is 5.39. The van der Waals surface area contributed by atoms with Gasteiger partial charge in [-0.25, -0.2) is 0 Å². The van der Waals surface area contributed by atoms with Gasteiger partial charge in [0.05, 0.1) is 19.4 Å². The Morgan fingerprint density at radius 1 is 1.21 bits per heavy atom. The monoisotopic (exact) mass is 331 g/mol. The van der Waals surface area contributed by atoms with Crippen molar-refractivity contribution in [3.63, 3.8) is 0 Å². The van der Waals surface area contributed by atoms with Gasteiger partial charge in [-0.05, 0) is 38.4 Å². The highest BCUT2D eigenvalue weighted by Gasteiger charge is 2.20. The van der Waals surface area contributed by atoms with Crippen molar-refractivity contribution >= 4 is 17.5 Å². The number of hydrogen-bond donors (Lipinski definition) is 2. The summed E-state index contributed by atoms with van der Waals surface area (Å²) in [5, 5.41) is 5.15. The van der Waals surface area contributed by atoms with E-state index in [9.17, 15) is 9.59 Å². The van der Waals surface area contributed by atoms with Gasteiger partial charge in [-0.3, -0.25) is 14.5 Å². The van der Waals surface area contributed by atoms with E-state index in [1.165, 1.54) is 7.11 Å². The molecule has 2 aromatic rings. The number of ether oxygens (including phenoxy) is 1. The Bertz CT molecular complexity index is 683. The molecular formula is C17H21N3O4. The minimum atomic E-state index is -0.736. The quantitative estimate of drug-likeness (QED) is 0.786. The Labute approximate surface area is 140 Å². The van der Waals surface area contributed by atoms with Crippen LogP contribution in [0.25, 0.3) is 0 Å². The number of amides is 2. The standard InChI is InChI=1S/C17H21N3O4/c1-20(2)14(15-8-5-9-24-15)11-18-16(21)17(22)19-12-6-4-7-13(10-12)23-3/h4-10,14H,11H2,1-3H3,(H,18,21)(H,19,22)/t14-/m0/s1. The molecular weight excluding hydrogens is 310 g/mol. The number of likely N-dealkylation sites (N-methyl/N-ethyl adjacent to an activating group) is 1. The number of nitrogens with one attached hydrogen (secondary N) is 2. The van der Waals surface area contributed by atoms with Crippen molar-refractivity contribution in [1.29, 1.82) is 0 Å². The van der Waals surface area contributed by atoms with E-state index in [4.69, 9.17) is 9.15 Å². The average Bonchev–Trinajstić information content (AvgIpc) is 3.08. The minimum Gasteiger partial charge on any atom is -0.497 e. The fourth-order valence-electron chi connectivity index (χ4n) is 2.18. The molecule has 0 saturated carbocycles. The van der Waals surface area contributed by atoms with Crippen LogP contribution >= 0.6 is 0 Å². The van der Waals surface area contributed by atoms with E-state index >= 15 is 0 Å². The number of anilines is 1. The van der Waals surface area contributed by atoms with Crippen LogP contribution in [0, 0.1) is 0 Å². The molecule has 0 aliphatic carbocycles. The van der Waals surface area contributed by atoms with Gasteiger partial charge in [-0.15, -0.1) is 0 Å². The summed E-state index contributed by atoms with van der Waals surface area (Å²) in [6, 6.07) is 10.2. The first kappa shape index (κ1) is 17.6. The molecule has 0 fully saturated rings. The molecule has 2 rings (SSSR count). The van der Waals surface area contributed by atoms with E-state index in [0.29, 0.717) is 17.2 Å². The highest BCUT2D eigenvalue weighted by Crippen LogP contribution is 2.18. The van der Waals surface area contributed by atoms with Gasteiger partial charge in [0.25, 0.3) is 0 Å². The molecule has 7 nitrogen and oxygen atoms in total. The molecule has 1 atom stereocenters. The normalized spacial score (nSPS) is 11.8. The van der Waals surface area contributed by atoms with Crippen molar-refractivity contribution in [3.8, 4) is 5.75 Å². The molecule has 0 radical (unpaired) electrons. The number of carbonyl (C=O) groups is 2. The highest BCUT2D eigenvalue weighted by molar-refractivity contribution is 6.39. The number of rotatable bonds is 6. The fraction of sp³-hybridized carbons (Fsp3) is 0.294. The third kappa shape index (κ3) is 4.60. The Morgan fingerprint density at radius 3 is 2.62 bits per heavy atom. The van der Waals surface area contributed by atoms with Crippen molar-refractivity contribution < 1.29 is 18.7 Å². The van der Waals surface area contributed by atoms with Gasteiger partial charge in [-0.1, -0.05) is 6.07 Å². The summed E-state index contributed by atoms with van der Waals surface area (Å²) < 4.78 is 10.4. The summed E-state index contributed by atoms with van der Waals surface area (Å²) in [4.78, 5) is 25.9. The highest BCUT2D eigenvalue weighted by atomic mass is 16.5. The summed E-state index contributed by atoms with van der Waals surface area (Å²) >= 11 is 0. The van der Waals surface area contributed by atoms with Crippen molar-refractivity contribution in [2.75, 3.05) is 33.1 Å². The molecule has 128 valence electrons. The van der Waals surface area contributed by atoms with Crippen LogP contribution < -0.4 is 15.4 Å². The fourth-order valence-corrected chi connectivity index (χ4v) is 2.18. The van der Waals surface area contributed by atoms with Gasteiger partial charge >= 0.3 is 11.8 Å². The Balaban J connectivity index is 1.92. The van der Waals surface area contributed by atoms with Crippen molar-refractivity contribution in [1.82, 2.24) is 10.2 Å². The maximum Gasteiger partial charge on any atom is 0.313 e. The third-order valence-electron chi connectivity index (χ3n) is 3.48. The zero-order valence-corrected chi connectivity index (χ0v) is 13.9. The predicted molar refractivity (Wildman–Crippen MR) is 89.8 cm³/mol. The Morgan fingerprint density at radius 2 is 2.00 bits per heavy atom. The molecule has 7 heteroatoms. The molecule has 24 heavy (non-hydrogen) atoms. The second kappa shape index (κ2) is 8.16. The average molecular weight is 331 g/mol. The topological polar surface area (TPSA) is 83.8 Å². The van der Waals surface area contributed by atoms with E-state index in [0.717, 1.165) is 0 Å². The molecule has 2 N–H and O–H groups in total. The number of carbonyl (C=O) groups excluding carboxylic acids is 2. The molecule has 1 heterocycles. The van der Waals surface area contributed by atoms with Crippen molar-refractivity contribution in [2.45, 2.75) is 6.04 Å². The van der Waals surface area contributed by atoms with Gasteiger partial charge in [0.1, 0.15) is 11.5 Å². The molecule has 0 saturated heterocycles. The smallest absolute Gasteiger partial charge is 0.313 e. The van der Waals surface area contributed by atoms with Gasteiger partial charge in [-0.2, -0.15) is 0 Å². The zero-order chi connectivity index (χ0) is 17.5. The molecule has 2 amide bonds. The van der Waals surface area contributed by atoms with Gasteiger partial charge in [0.15, 0.2) is 0 Å². The van der Waals surface area contributed by atoms with Crippen LogP contribution in [0.3, 0.4) is 0 Å². The number of furan rings is 1. The summed E-state index contributed by atoms with van der Waals surface area (Å²) in [7, 11) is 5.27. The summed E-state index contributed by atoms with van der Waals surface area (Å²) in [5.74, 6) is -0.136. The van der Waals surface area contributed by atoms with Crippen LogP contribution in [0.4, 0.5) is 5.69 Å². The van der Waals surface area contributed by atoms with Gasteiger partial charge in [0, 0.05) is 18.3 Å². The summed E-state index contributed by atoms with van der Waals surface area (Å²) in [6.07, 6.45) is 1.57. The first-order chi connectivity index (χ1) is 11.5. The lowest BCUT2D eigenvalue weighted by atomic mass is 10.2. The molecule has 0 aliphatic heterocycles. The van der Waals surface area contributed by atoms with Crippen LogP contribution in [-0.4, -0.2) is 44.5 Å². The van der Waals surface area contributed by atoms with Crippen LogP contribution in [0.1, 0.15) is 11.8 Å². The second-order valence-corrected chi connectivity index (χ2v) is 5.39. The van der Waals surface area contributed by atoms with E-state index < -0.39 is 11.8 Å². The molecule has 1 aromatic heterocycles. The number of methoxy groups -OCH3 is 1. The molecule has 0 unspecified atom stereocenters. The molecule has 1 aromatic carbocycles. The van der Waals surface area contributed by atoms with Crippen LogP contribution in [0.2, 0.25) is 0 Å². The van der Waals surface area contributed by atoms with Crippen molar-refractivity contribution in [2.24, 2.45) is 0 Å². The first-order valence-corrected chi connectivity index (χ1v) is 7.44. The number of benzene rings is 1. The van der Waals surface area contributed by atoms with E-state index in [-0.39, 0.29) is 12.6 Å². The molecule has 0 spiro atoms. The Hall–Kier alpha value is -2.80. The predicted octanol–water partition coefficient (Wildman–Crippen LogP) is 1.65.